The fourth-order valence-corrected chi connectivity index (χ4v) is 3.62. The molecule has 0 radical (unpaired) electrons. The van der Waals surface area contributed by atoms with Gasteiger partial charge in [-0.2, -0.15) is 5.10 Å². The average Bonchev–Trinajstić information content (AvgIpc) is 3.29. The molecule has 2 aliphatic rings. The van der Waals surface area contributed by atoms with E-state index < -0.39 is 0 Å². The van der Waals surface area contributed by atoms with Crippen molar-refractivity contribution >= 4 is 11.6 Å². The van der Waals surface area contributed by atoms with Gasteiger partial charge < -0.3 is 10.1 Å². The first kappa shape index (κ1) is 17.2. The van der Waals surface area contributed by atoms with Gasteiger partial charge in [0.25, 0.3) is 0 Å². The van der Waals surface area contributed by atoms with Crippen LogP contribution in [0.4, 0.5) is 5.69 Å². The van der Waals surface area contributed by atoms with Gasteiger partial charge >= 0.3 is 0 Å². The zero-order valence-corrected chi connectivity index (χ0v) is 15.0. The van der Waals surface area contributed by atoms with Crippen LogP contribution in [0.3, 0.4) is 0 Å². The molecule has 0 spiro atoms. The molecule has 1 N–H and O–H groups in total. The molecule has 2 fully saturated rings. The number of rotatable bonds is 7. The van der Waals surface area contributed by atoms with Crippen molar-refractivity contribution in [2.75, 3.05) is 25.6 Å². The molecular formula is C19H25N5O2. The molecule has 1 aliphatic carbocycles. The number of aromatic nitrogens is 3. The van der Waals surface area contributed by atoms with E-state index in [1.54, 1.807) is 13.3 Å². The van der Waals surface area contributed by atoms with Gasteiger partial charge in [0.15, 0.2) is 0 Å². The molecule has 138 valence electrons. The van der Waals surface area contributed by atoms with Gasteiger partial charge in [0.05, 0.1) is 24.5 Å². The Labute approximate surface area is 153 Å². The molecule has 1 saturated carbocycles. The van der Waals surface area contributed by atoms with Gasteiger partial charge in [0.1, 0.15) is 0 Å². The molecular weight excluding hydrogens is 330 g/mol. The van der Waals surface area contributed by atoms with Crippen LogP contribution in [-0.2, 0) is 16.1 Å². The summed E-state index contributed by atoms with van der Waals surface area (Å²) in [4.78, 5) is 18.4. The van der Waals surface area contributed by atoms with Gasteiger partial charge in [-0.1, -0.05) is 0 Å². The third-order valence-corrected chi connectivity index (χ3v) is 5.19. The maximum atomic E-state index is 11.9. The number of nitrogens with one attached hydrogen (secondary N) is 1. The van der Waals surface area contributed by atoms with Crippen molar-refractivity contribution in [2.45, 2.75) is 37.9 Å². The van der Waals surface area contributed by atoms with E-state index in [2.05, 4.69) is 32.4 Å². The molecule has 26 heavy (non-hydrogen) atoms. The van der Waals surface area contributed by atoms with Crippen LogP contribution in [0, 0.1) is 5.92 Å². The Morgan fingerprint density at radius 1 is 1.35 bits per heavy atom. The van der Waals surface area contributed by atoms with E-state index in [4.69, 9.17) is 4.74 Å². The number of likely N-dealkylation sites (tertiary alicyclic amines) is 1. The van der Waals surface area contributed by atoms with E-state index in [0.29, 0.717) is 12.6 Å². The number of nitrogens with zero attached hydrogens (tertiary/aromatic N) is 4. The van der Waals surface area contributed by atoms with Crippen molar-refractivity contribution in [3.05, 3.63) is 42.5 Å². The summed E-state index contributed by atoms with van der Waals surface area (Å²) >= 11 is 0. The number of methoxy groups -OCH3 is 1. The second-order valence-corrected chi connectivity index (χ2v) is 7.26. The van der Waals surface area contributed by atoms with Crippen molar-refractivity contribution in [1.29, 1.82) is 0 Å². The third kappa shape index (κ3) is 3.94. The fourth-order valence-electron chi connectivity index (χ4n) is 3.62. The van der Waals surface area contributed by atoms with Crippen LogP contribution in [0.15, 0.2) is 36.9 Å². The summed E-state index contributed by atoms with van der Waals surface area (Å²) in [6.45, 7) is 2.49. The summed E-state index contributed by atoms with van der Waals surface area (Å²) in [6.07, 6.45) is 10.3. The minimum Gasteiger partial charge on any atom is -0.383 e. The number of amides is 1. The van der Waals surface area contributed by atoms with E-state index in [9.17, 15) is 4.79 Å². The van der Waals surface area contributed by atoms with Crippen LogP contribution in [0.1, 0.15) is 30.9 Å². The van der Waals surface area contributed by atoms with Gasteiger partial charge in [-0.05, 0) is 37.0 Å². The average molecular weight is 355 g/mol. The maximum absolute atomic E-state index is 11.9. The van der Waals surface area contributed by atoms with E-state index in [-0.39, 0.29) is 17.9 Å². The maximum Gasteiger partial charge on any atom is 0.227 e. The molecule has 0 bridgehead atoms. The largest absolute Gasteiger partial charge is 0.383 e. The summed E-state index contributed by atoms with van der Waals surface area (Å²) in [6, 6.07) is 4.74. The molecule has 1 aliphatic heterocycles. The molecule has 2 aromatic rings. The number of carbonyl (C=O) groups excluding carboxylic acids is 1. The lowest BCUT2D eigenvalue weighted by Crippen LogP contribution is -2.32. The van der Waals surface area contributed by atoms with Gasteiger partial charge in [-0.25, -0.2) is 0 Å². The first-order valence-corrected chi connectivity index (χ1v) is 9.20. The molecule has 4 rings (SSSR count). The quantitative estimate of drug-likeness (QED) is 0.823. The standard InChI is InChI=1S/C19H25N5O2/c1-26-13-18-8-17(12-23(18)10-14-4-6-20-7-5-14)24-11-16(9-21-24)22-19(25)15-2-3-15/h4-7,9,11,15,17-18H,2-3,8,10,12-13H2,1H3,(H,22,25)/t17-,18-/m0/s1. The molecule has 2 atom stereocenters. The highest BCUT2D eigenvalue weighted by Gasteiger charge is 2.34. The first-order valence-electron chi connectivity index (χ1n) is 9.20. The topological polar surface area (TPSA) is 72.3 Å². The summed E-state index contributed by atoms with van der Waals surface area (Å²) in [5.74, 6) is 0.319. The second kappa shape index (κ2) is 7.55. The molecule has 3 heterocycles. The van der Waals surface area contributed by atoms with E-state index >= 15 is 0 Å². The number of hydrogen-bond donors (Lipinski definition) is 1. The molecule has 0 unspecified atom stereocenters. The van der Waals surface area contributed by atoms with Crippen LogP contribution in [-0.4, -0.2) is 51.9 Å². The SMILES string of the molecule is COC[C@@H]1C[C@H](n2cc(NC(=O)C3CC3)cn2)CN1Cc1ccncc1. The fraction of sp³-hybridized carbons (Fsp3) is 0.526. The minimum absolute atomic E-state index is 0.118. The van der Waals surface area contributed by atoms with E-state index in [1.807, 2.05) is 23.3 Å². The van der Waals surface area contributed by atoms with Crippen LogP contribution in [0.5, 0.6) is 0 Å². The summed E-state index contributed by atoms with van der Waals surface area (Å²) < 4.78 is 7.41. The Kier molecular flexibility index (Phi) is 4.99. The zero-order valence-electron chi connectivity index (χ0n) is 15.0. The molecule has 1 saturated heterocycles. The summed E-state index contributed by atoms with van der Waals surface area (Å²) in [5.41, 5.74) is 2.04. The van der Waals surface area contributed by atoms with Gasteiger partial charge in [0.2, 0.25) is 5.91 Å². The molecule has 2 aromatic heterocycles. The molecule has 1 amide bonds. The number of carbonyl (C=O) groups is 1. The second-order valence-electron chi connectivity index (χ2n) is 7.26. The molecule has 0 aromatic carbocycles. The molecule has 7 nitrogen and oxygen atoms in total. The Morgan fingerprint density at radius 3 is 2.88 bits per heavy atom. The monoisotopic (exact) mass is 355 g/mol. The van der Waals surface area contributed by atoms with Crippen molar-refractivity contribution in [2.24, 2.45) is 5.92 Å². The summed E-state index contributed by atoms with van der Waals surface area (Å²) in [5, 5.41) is 7.46. The number of ether oxygens (including phenoxy) is 1. The number of pyridine rings is 1. The Balaban J connectivity index is 1.42. The smallest absolute Gasteiger partial charge is 0.227 e. The van der Waals surface area contributed by atoms with Crippen molar-refractivity contribution in [1.82, 2.24) is 19.7 Å². The molecule has 7 heteroatoms. The van der Waals surface area contributed by atoms with Crippen LogP contribution in [0.25, 0.3) is 0 Å². The highest BCUT2D eigenvalue weighted by molar-refractivity contribution is 5.93. The minimum atomic E-state index is 0.118. The van der Waals surface area contributed by atoms with Crippen molar-refractivity contribution in [3.8, 4) is 0 Å². The number of hydrogen-bond acceptors (Lipinski definition) is 5. The highest BCUT2D eigenvalue weighted by Crippen LogP contribution is 2.31. The van der Waals surface area contributed by atoms with Gasteiger partial charge in [-0.3, -0.25) is 19.4 Å². The van der Waals surface area contributed by atoms with Gasteiger partial charge in [0, 0.05) is 50.7 Å². The number of anilines is 1. The third-order valence-electron chi connectivity index (χ3n) is 5.19. The highest BCUT2D eigenvalue weighted by atomic mass is 16.5. The van der Waals surface area contributed by atoms with Crippen molar-refractivity contribution < 1.29 is 9.53 Å². The lowest BCUT2D eigenvalue weighted by molar-refractivity contribution is -0.117. The zero-order chi connectivity index (χ0) is 17.9. The van der Waals surface area contributed by atoms with Gasteiger partial charge in [-0.15, -0.1) is 0 Å². The Bertz CT molecular complexity index is 743. The van der Waals surface area contributed by atoms with E-state index in [1.165, 1.54) is 5.56 Å². The van der Waals surface area contributed by atoms with E-state index in [0.717, 1.165) is 38.0 Å². The Morgan fingerprint density at radius 2 is 2.15 bits per heavy atom. The van der Waals surface area contributed by atoms with Crippen LogP contribution >= 0.6 is 0 Å². The predicted octanol–water partition coefficient (Wildman–Crippen LogP) is 2.09. The predicted molar refractivity (Wildman–Crippen MR) is 97.5 cm³/mol. The Hall–Kier alpha value is -2.25. The lowest BCUT2D eigenvalue weighted by Gasteiger charge is -2.23. The lowest BCUT2D eigenvalue weighted by atomic mass is 10.2. The normalized spacial score (nSPS) is 23.3. The van der Waals surface area contributed by atoms with Crippen LogP contribution in [0.2, 0.25) is 0 Å². The summed E-state index contributed by atoms with van der Waals surface area (Å²) in [7, 11) is 1.75. The van der Waals surface area contributed by atoms with Crippen molar-refractivity contribution in [3.63, 3.8) is 0 Å². The van der Waals surface area contributed by atoms with Crippen LogP contribution < -0.4 is 5.32 Å². The first-order chi connectivity index (χ1) is 12.7.